The zero-order valence-electron chi connectivity index (χ0n) is 8.79. The van der Waals surface area contributed by atoms with Crippen molar-refractivity contribution < 1.29 is 4.79 Å². The summed E-state index contributed by atoms with van der Waals surface area (Å²) in [6.07, 6.45) is 7.30. The highest BCUT2D eigenvalue weighted by molar-refractivity contribution is 6.02. The Balaban J connectivity index is 2.36. The standard InChI is InChI=1S/C12H8N4O/c17-6-9-5-14-12-10(9)11(15-7-16-12)8-2-1-3-13-4-8/h1-7H,(H,14,15,16). The van der Waals surface area contributed by atoms with E-state index in [0.717, 1.165) is 17.2 Å². The fourth-order valence-electron chi connectivity index (χ4n) is 1.80. The summed E-state index contributed by atoms with van der Waals surface area (Å²) in [5.74, 6) is 0. The van der Waals surface area contributed by atoms with Crippen LogP contribution in [0.15, 0.2) is 37.1 Å². The van der Waals surface area contributed by atoms with Gasteiger partial charge in [-0.25, -0.2) is 9.97 Å². The lowest BCUT2D eigenvalue weighted by Crippen LogP contribution is -1.89. The molecule has 0 radical (unpaired) electrons. The number of nitrogens with one attached hydrogen (secondary N) is 1. The molecule has 0 aromatic carbocycles. The lowest BCUT2D eigenvalue weighted by Gasteiger charge is -2.01. The van der Waals surface area contributed by atoms with Gasteiger partial charge < -0.3 is 4.98 Å². The van der Waals surface area contributed by atoms with Crippen LogP contribution in [0, 0.1) is 0 Å². The van der Waals surface area contributed by atoms with Crippen molar-refractivity contribution in [3.05, 3.63) is 42.6 Å². The number of nitrogens with zero attached hydrogens (tertiary/aromatic N) is 3. The normalized spacial score (nSPS) is 10.6. The molecule has 3 aromatic heterocycles. The average Bonchev–Trinajstić information content (AvgIpc) is 2.82. The minimum absolute atomic E-state index is 0.555. The molecule has 3 aromatic rings. The number of H-pyrrole nitrogens is 1. The molecule has 0 unspecified atom stereocenters. The van der Waals surface area contributed by atoms with Crippen molar-refractivity contribution in [2.24, 2.45) is 0 Å². The molecule has 5 nitrogen and oxygen atoms in total. The van der Waals surface area contributed by atoms with E-state index in [4.69, 9.17) is 0 Å². The zero-order valence-corrected chi connectivity index (χ0v) is 8.79. The Bertz CT molecular complexity index is 675. The number of pyridine rings is 1. The van der Waals surface area contributed by atoms with Crippen LogP contribution in [0.1, 0.15) is 10.4 Å². The van der Waals surface area contributed by atoms with Crippen LogP contribution < -0.4 is 0 Å². The van der Waals surface area contributed by atoms with Crippen LogP contribution in [-0.2, 0) is 0 Å². The first-order chi connectivity index (χ1) is 8.40. The summed E-state index contributed by atoms with van der Waals surface area (Å²) in [6.45, 7) is 0. The zero-order chi connectivity index (χ0) is 11.7. The molecule has 3 heterocycles. The Morgan fingerprint density at radius 1 is 1.29 bits per heavy atom. The van der Waals surface area contributed by atoms with Gasteiger partial charge in [0.2, 0.25) is 0 Å². The molecule has 0 saturated carbocycles. The van der Waals surface area contributed by atoms with Gasteiger partial charge in [-0.05, 0) is 12.1 Å². The third-order valence-corrected chi connectivity index (χ3v) is 2.56. The van der Waals surface area contributed by atoms with Gasteiger partial charge >= 0.3 is 0 Å². The number of aromatic nitrogens is 4. The van der Waals surface area contributed by atoms with Gasteiger partial charge in [-0.2, -0.15) is 0 Å². The van der Waals surface area contributed by atoms with Crippen molar-refractivity contribution in [2.75, 3.05) is 0 Å². The maximum Gasteiger partial charge on any atom is 0.152 e. The number of carbonyl (C=O) groups is 1. The van der Waals surface area contributed by atoms with E-state index in [1.54, 1.807) is 18.6 Å². The second-order valence-corrected chi connectivity index (χ2v) is 3.55. The number of rotatable bonds is 2. The van der Waals surface area contributed by atoms with Gasteiger partial charge in [0.15, 0.2) is 6.29 Å². The van der Waals surface area contributed by atoms with Gasteiger partial charge in [-0.3, -0.25) is 9.78 Å². The molecule has 1 N–H and O–H groups in total. The number of fused-ring (bicyclic) bond motifs is 1. The lowest BCUT2D eigenvalue weighted by atomic mass is 10.1. The highest BCUT2D eigenvalue weighted by Crippen LogP contribution is 2.26. The molecule has 0 fully saturated rings. The minimum Gasteiger partial charge on any atom is -0.345 e. The van der Waals surface area contributed by atoms with Crippen molar-refractivity contribution in [3.8, 4) is 11.3 Å². The highest BCUT2D eigenvalue weighted by atomic mass is 16.1. The van der Waals surface area contributed by atoms with Gasteiger partial charge in [0.25, 0.3) is 0 Å². The topological polar surface area (TPSA) is 71.5 Å². The van der Waals surface area contributed by atoms with Gasteiger partial charge in [0.05, 0.1) is 11.1 Å². The molecular formula is C12H8N4O. The molecule has 3 rings (SSSR count). The highest BCUT2D eigenvalue weighted by Gasteiger charge is 2.11. The second kappa shape index (κ2) is 3.79. The predicted molar refractivity (Wildman–Crippen MR) is 62.5 cm³/mol. The van der Waals surface area contributed by atoms with E-state index in [0.29, 0.717) is 16.9 Å². The minimum atomic E-state index is 0.555. The van der Waals surface area contributed by atoms with Crippen LogP contribution in [-0.4, -0.2) is 26.2 Å². The van der Waals surface area contributed by atoms with Crippen molar-refractivity contribution >= 4 is 17.3 Å². The van der Waals surface area contributed by atoms with E-state index < -0.39 is 0 Å². The maximum absolute atomic E-state index is 11.0. The van der Waals surface area contributed by atoms with Crippen molar-refractivity contribution in [3.63, 3.8) is 0 Å². The maximum atomic E-state index is 11.0. The smallest absolute Gasteiger partial charge is 0.152 e. The average molecular weight is 224 g/mol. The van der Waals surface area contributed by atoms with Crippen LogP contribution in [0.25, 0.3) is 22.3 Å². The summed E-state index contributed by atoms with van der Waals surface area (Å²) in [6, 6.07) is 3.73. The molecule has 0 saturated heterocycles. The van der Waals surface area contributed by atoms with E-state index >= 15 is 0 Å². The number of carbonyl (C=O) groups excluding carboxylic acids is 1. The number of aromatic amines is 1. The molecule has 0 aliphatic rings. The summed E-state index contributed by atoms with van der Waals surface area (Å²) < 4.78 is 0. The van der Waals surface area contributed by atoms with E-state index in [1.165, 1.54) is 6.33 Å². The number of hydrogen-bond donors (Lipinski definition) is 1. The molecule has 0 spiro atoms. The third-order valence-electron chi connectivity index (χ3n) is 2.56. The van der Waals surface area contributed by atoms with Gasteiger partial charge in [0.1, 0.15) is 12.0 Å². The fraction of sp³-hybridized carbons (Fsp3) is 0. The first-order valence-electron chi connectivity index (χ1n) is 5.08. The largest absolute Gasteiger partial charge is 0.345 e. The molecule has 0 aliphatic carbocycles. The first kappa shape index (κ1) is 9.65. The van der Waals surface area contributed by atoms with Crippen LogP contribution in [0.4, 0.5) is 0 Å². The first-order valence-corrected chi connectivity index (χ1v) is 5.08. The third kappa shape index (κ3) is 1.48. The molecule has 0 amide bonds. The van der Waals surface area contributed by atoms with E-state index in [2.05, 4.69) is 19.9 Å². The lowest BCUT2D eigenvalue weighted by molar-refractivity contribution is 0.112. The van der Waals surface area contributed by atoms with Crippen LogP contribution in [0.5, 0.6) is 0 Å². The summed E-state index contributed by atoms with van der Waals surface area (Å²) >= 11 is 0. The molecular weight excluding hydrogens is 216 g/mol. The SMILES string of the molecule is O=Cc1c[nH]c2ncnc(-c3cccnc3)c12. The summed E-state index contributed by atoms with van der Waals surface area (Å²) in [7, 11) is 0. The number of hydrogen-bond acceptors (Lipinski definition) is 4. The summed E-state index contributed by atoms with van der Waals surface area (Å²) in [5, 5.41) is 0.732. The Hall–Kier alpha value is -2.56. The molecule has 17 heavy (non-hydrogen) atoms. The molecule has 0 atom stereocenters. The Kier molecular flexibility index (Phi) is 2.15. The van der Waals surface area contributed by atoms with Gasteiger partial charge in [-0.15, -0.1) is 0 Å². The predicted octanol–water partition coefficient (Wildman–Crippen LogP) is 1.83. The Morgan fingerprint density at radius 3 is 3.00 bits per heavy atom. The van der Waals surface area contributed by atoms with E-state index in [1.807, 2.05) is 12.1 Å². The summed E-state index contributed by atoms with van der Waals surface area (Å²) in [4.78, 5) is 26.3. The number of aldehydes is 1. The monoisotopic (exact) mass is 224 g/mol. The van der Waals surface area contributed by atoms with E-state index in [9.17, 15) is 4.79 Å². The van der Waals surface area contributed by atoms with Crippen LogP contribution in [0.2, 0.25) is 0 Å². The summed E-state index contributed by atoms with van der Waals surface area (Å²) in [5.41, 5.74) is 2.79. The molecule has 0 bridgehead atoms. The quantitative estimate of drug-likeness (QED) is 0.674. The van der Waals surface area contributed by atoms with Crippen LogP contribution in [0.3, 0.4) is 0 Å². The van der Waals surface area contributed by atoms with E-state index in [-0.39, 0.29) is 0 Å². The Labute approximate surface area is 96.6 Å². The van der Waals surface area contributed by atoms with Gasteiger partial charge in [-0.1, -0.05) is 0 Å². The van der Waals surface area contributed by atoms with Gasteiger partial charge in [0, 0.05) is 29.7 Å². The Morgan fingerprint density at radius 2 is 2.24 bits per heavy atom. The van der Waals surface area contributed by atoms with Crippen molar-refractivity contribution in [2.45, 2.75) is 0 Å². The van der Waals surface area contributed by atoms with Crippen molar-refractivity contribution in [1.29, 1.82) is 0 Å². The van der Waals surface area contributed by atoms with Crippen LogP contribution >= 0.6 is 0 Å². The second-order valence-electron chi connectivity index (χ2n) is 3.55. The molecule has 5 heteroatoms. The fourth-order valence-corrected chi connectivity index (χ4v) is 1.80. The molecule has 82 valence electrons. The van der Waals surface area contributed by atoms with Crippen molar-refractivity contribution in [1.82, 2.24) is 19.9 Å². The molecule has 0 aliphatic heterocycles.